The molecular formula is C13H12O3. The minimum absolute atomic E-state index is 0.0595. The van der Waals surface area contributed by atoms with Gasteiger partial charge in [0.25, 0.3) is 0 Å². The number of phenols is 1. The molecule has 2 aromatic rings. The molecule has 82 valence electrons. The summed E-state index contributed by atoms with van der Waals surface area (Å²) < 4.78 is 0. The van der Waals surface area contributed by atoms with Crippen LogP contribution in [0.5, 0.6) is 5.75 Å². The smallest absolute Gasteiger partial charge is 0.339 e. The predicted octanol–water partition coefficient (Wildman–Crippen LogP) is 2.86. The quantitative estimate of drug-likeness (QED) is 0.770. The molecule has 0 fully saturated rings. The van der Waals surface area contributed by atoms with Gasteiger partial charge in [0.1, 0.15) is 11.3 Å². The number of carboxylic acid groups (broad SMARTS) is 1. The van der Waals surface area contributed by atoms with E-state index in [0.717, 1.165) is 16.5 Å². The number of fused-ring (bicyclic) bond motifs is 1. The molecule has 3 heteroatoms. The molecule has 0 aromatic heterocycles. The zero-order valence-electron chi connectivity index (χ0n) is 9.11. The summed E-state index contributed by atoms with van der Waals surface area (Å²) >= 11 is 0. The molecule has 3 nitrogen and oxygen atoms in total. The van der Waals surface area contributed by atoms with Crippen molar-refractivity contribution in [1.29, 1.82) is 0 Å². The summed E-state index contributed by atoms with van der Waals surface area (Å²) in [6, 6.07) is 6.80. The standard InChI is InChI=1S/C13H12O3/c1-7-3-4-10-9(8(7)2)5-6-11(12(10)14)13(15)16/h3-6,14H,1-2H3,(H,15,16). The Morgan fingerprint density at radius 2 is 1.69 bits per heavy atom. The van der Waals surface area contributed by atoms with Crippen LogP contribution >= 0.6 is 0 Å². The van der Waals surface area contributed by atoms with Gasteiger partial charge in [0.05, 0.1) is 0 Å². The fourth-order valence-corrected chi connectivity index (χ4v) is 1.82. The van der Waals surface area contributed by atoms with Crippen LogP contribution < -0.4 is 0 Å². The fourth-order valence-electron chi connectivity index (χ4n) is 1.82. The lowest BCUT2D eigenvalue weighted by atomic mass is 9.98. The molecule has 0 aliphatic heterocycles. The van der Waals surface area contributed by atoms with Gasteiger partial charge in [-0.2, -0.15) is 0 Å². The van der Waals surface area contributed by atoms with Crippen molar-refractivity contribution in [2.75, 3.05) is 0 Å². The first kappa shape index (κ1) is 10.5. The average Bonchev–Trinajstić information content (AvgIpc) is 2.23. The topological polar surface area (TPSA) is 57.5 Å². The molecule has 0 saturated heterocycles. The Morgan fingerprint density at radius 3 is 2.31 bits per heavy atom. The van der Waals surface area contributed by atoms with Crippen molar-refractivity contribution >= 4 is 16.7 Å². The molecule has 0 atom stereocenters. The first-order valence-corrected chi connectivity index (χ1v) is 4.97. The Morgan fingerprint density at radius 1 is 1.06 bits per heavy atom. The number of aromatic hydroxyl groups is 1. The van der Waals surface area contributed by atoms with Gasteiger partial charge in [-0.25, -0.2) is 4.79 Å². The molecule has 0 unspecified atom stereocenters. The Kier molecular flexibility index (Phi) is 2.31. The van der Waals surface area contributed by atoms with Gasteiger partial charge in [-0.15, -0.1) is 0 Å². The van der Waals surface area contributed by atoms with E-state index >= 15 is 0 Å². The molecule has 0 bridgehead atoms. The average molecular weight is 216 g/mol. The Hall–Kier alpha value is -2.03. The monoisotopic (exact) mass is 216 g/mol. The molecule has 0 amide bonds. The molecule has 0 spiro atoms. The maximum Gasteiger partial charge on any atom is 0.339 e. The highest BCUT2D eigenvalue weighted by molar-refractivity contribution is 6.01. The second-order valence-corrected chi connectivity index (χ2v) is 3.87. The van der Waals surface area contributed by atoms with Gasteiger partial charge in [0.2, 0.25) is 0 Å². The lowest BCUT2D eigenvalue weighted by Crippen LogP contribution is -1.97. The van der Waals surface area contributed by atoms with Crippen LogP contribution in [0.2, 0.25) is 0 Å². The number of hydrogen-bond donors (Lipinski definition) is 2. The lowest BCUT2D eigenvalue weighted by molar-refractivity contribution is 0.0694. The second-order valence-electron chi connectivity index (χ2n) is 3.87. The van der Waals surface area contributed by atoms with Gasteiger partial charge < -0.3 is 10.2 Å². The Bertz CT molecular complexity index is 585. The molecule has 2 aromatic carbocycles. The van der Waals surface area contributed by atoms with Crippen molar-refractivity contribution in [2.24, 2.45) is 0 Å². The van der Waals surface area contributed by atoms with Crippen LogP contribution in [0.25, 0.3) is 10.8 Å². The molecular weight excluding hydrogens is 204 g/mol. The highest BCUT2D eigenvalue weighted by atomic mass is 16.4. The van der Waals surface area contributed by atoms with Crippen molar-refractivity contribution < 1.29 is 15.0 Å². The largest absolute Gasteiger partial charge is 0.506 e. The van der Waals surface area contributed by atoms with E-state index in [1.165, 1.54) is 6.07 Å². The highest BCUT2D eigenvalue weighted by Crippen LogP contribution is 2.31. The van der Waals surface area contributed by atoms with Crippen molar-refractivity contribution in [3.63, 3.8) is 0 Å². The van der Waals surface area contributed by atoms with Gasteiger partial charge in [0.15, 0.2) is 0 Å². The van der Waals surface area contributed by atoms with E-state index < -0.39 is 5.97 Å². The van der Waals surface area contributed by atoms with Crippen molar-refractivity contribution in [3.05, 3.63) is 41.0 Å². The van der Waals surface area contributed by atoms with E-state index in [9.17, 15) is 9.90 Å². The highest BCUT2D eigenvalue weighted by Gasteiger charge is 2.13. The first-order valence-electron chi connectivity index (χ1n) is 4.97. The summed E-state index contributed by atoms with van der Waals surface area (Å²) in [5.41, 5.74) is 2.12. The van der Waals surface area contributed by atoms with E-state index in [1.54, 1.807) is 12.1 Å². The Balaban J connectivity index is 2.87. The summed E-state index contributed by atoms with van der Waals surface area (Å²) in [6.45, 7) is 3.94. The summed E-state index contributed by atoms with van der Waals surface area (Å²) in [4.78, 5) is 10.9. The molecule has 2 N–H and O–H groups in total. The second kappa shape index (κ2) is 3.52. The number of carboxylic acids is 1. The SMILES string of the molecule is Cc1ccc2c(O)c(C(=O)O)ccc2c1C. The minimum atomic E-state index is -1.11. The zero-order chi connectivity index (χ0) is 11.9. The molecule has 0 heterocycles. The number of hydrogen-bond acceptors (Lipinski definition) is 2. The van der Waals surface area contributed by atoms with Crippen LogP contribution in [0.3, 0.4) is 0 Å². The van der Waals surface area contributed by atoms with Crippen molar-refractivity contribution in [2.45, 2.75) is 13.8 Å². The van der Waals surface area contributed by atoms with Gasteiger partial charge >= 0.3 is 5.97 Å². The number of benzene rings is 2. The van der Waals surface area contributed by atoms with E-state index in [-0.39, 0.29) is 11.3 Å². The summed E-state index contributed by atoms with van der Waals surface area (Å²) in [5.74, 6) is -1.27. The van der Waals surface area contributed by atoms with Crippen molar-refractivity contribution in [1.82, 2.24) is 0 Å². The van der Waals surface area contributed by atoms with Gasteiger partial charge in [-0.05, 0) is 36.4 Å². The first-order chi connectivity index (χ1) is 7.52. The van der Waals surface area contributed by atoms with E-state index in [0.29, 0.717) is 5.39 Å². The number of rotatable bonds is 1. The van der Waals surface area contributed by atoms with Crippen LogP contribution in [0.15, 0.2) is 24.3 Å². The molecule has 16 heavy (non-hydrogen) atoms. The third kappa shape index (κ3) is 1.41. The van der Waals surface area contributed by atoms with Crippen LogP contribution in [0.1, 0.15) is 21.5 Å². The van der Waals surface area contributed by atoms with E-state index in [1.807, 2.05) is 19.9 Å². The number of carbonyl (C=O) groups is 1. The van der Waals surface area contributed by atoms with E-state index in [2.05, 4.69) is 0 Å². The summed E-state index contributed by atoms with van der Waals surface area (Å²) in [5, 5.41) is 20.2. The maximum absolute atomic E-state index is 10.9. The molecule has 0 saturated carbocycles. The molecule has 2 rings (SSSR count). The lowest BCUT2D eigenvalue weighted by Gasteiger charge is -2.08. The van der Waals surface area contributed by atoms with Gasteiger partial charge in [-0.1, -0.05) is 18.2 Å². The maximum atomic E-state index is 10.9. The predicted molar refractivity (Wildman–Crippen MR) is 62.0 cm³/mol. The van der Waals surface area contributed by atoms with Crippen molar-refractivity contribution in [3.8, 4) is 5.75 Å². The van der Waals surface area contributed by atoms with Crippen LogP contribution in [0, 0.1) is 13.8 Å². The van der Waals surface area contributed by atoms with Crippen LogP contribution in [-0.4, -0.2) is 16.2 Å². The number of aryl methyl sites for hydroxylation is 2. The minimum Gasteiger partial charge on any atom is -0.506 e. The van der Waals surface area contributed by atoms with E-state index in [4.69, 9.17) is 5.11 Å². The third-order valence-corrected chi connectivity index (χ3v) is 2.94. The number of aromatic carboxylic acids is 1. The van der Waals surface area contributed by atoms with Gasteiger partial charge in [0, 0.05) is 5.39 Å². The summed E-state index contributed by atoms with van der Waals surface area (Å²) in [6.07, 6.45) is 0. The van der Waals surface area contributed by atoms with Crippen LogP contribution in [0.4, 0.5) is 0 Å². The Labute approximate surface area is 93.0 Å². The molecule has 0 aliphatic rings. The van der Waals surface area contributed by atoms with Crippen LogP contribution in [-0.2, 0) is 0 Å². The summed E-state index contributed by atoms with van der Waals surface area (Å²) in [7, 11) is 0. The molecule has 0 aliphatic carbocycles. The third-order valence-electron chi connectivity index (χ3n) is 2.94. The normalized spacial score (nSPS) is 10.6. The fraction of sp³-hybridized carbons (Fsp3) is 0.154. The van der Waals surface area contributed by atoms with Gasteiger partial charge in [-0.3, -0.25) is 0 Å². The molecule has 0 radical (unpaired) electrons. The zero-order valence-corrected chi connectivity index (χ0v) is 9.11.